The van der Waals surface area contributed by atoms with Gasteiger partial charge < -0.3 is 14.6 Å². The number of sulfonamides is 1. The lowest BCUT2D eigenvalue weighted by Gasteiger charge is -2.17. The smallest absolute Gasteiger partial charge is 0.262 e. The van der Waals surface area contributed by atoms with Crippen LogP contribution in [-0.4, -0.2) is 32.7 Å². The van der Waals surface area contributed by atoms with Gasteiger partial charge in [-0.05, 0) is 54.8 Å². The SMILES string of the molecule is COc1cc(C)c(S(=O)(=O)Nc2cc(C(O)c3ccccn3)ccc2C)cc1OC. The topological polar surface area (TPSA) is 97.8 Å². The van der Waals surface area contributed by atoms with Crippen LogP contribution in [0, 0.1) is 13.8 Å². The molecule has 158 valence electrons. The van der Waals surface area contributed by atoms with E-state index in [1.807, 2.05) is 0 Å². The first kappa shape index (κ1) is 21.6. The summed E-state index contributed by atoms with van der Waals surface area (Å²) < 4.78 is 39.3. The Balaban J connectivity index is 1.98. The number of aryl methyl sites for hydroxylation is 2. The first-order chi connectivity index (χ1) is 14.3. The van der Waals surface area contributed by atoms with Crippen LogP contribution in [-0.2, 0) is 10.0 Å². The quantitative estimate of drug-likeness (QED) is 0.597. The standard InChI is InChI=1S/C22H24N2O5S/c1-14-8-9-16(22(25)17-7-5-6-10-23-17)12-18(14)24-30(26,27)21-13-20(29-4)19(28-3)11-15(21)2/h5-13,22,24-25H,1-4H3. The fraction of sp³-hybridized carbons (Fsp3) is 0.227. The maximum Gasteiger partial charge on any atom is 0.262 e. The summed E-state index contributed by atoms with van der Waals surface area (Å²) >= 11 is 0. The van der Waals surface area contributed by atoms with Gasteiger partial charge in [0, 0.05) is 12.3 Å². The number of aromatic nitrogens is 1. The summed E-state index contributed by atoms with van der Waals surface area (Å²) in [5.41, 5.74) is 2.61. The third kappa shape index (κ3) is 4.39. The summed E-state index contributed by atoms with van der Waals surface area (Å²) in [7, 11) is -0.974. The molecule has 0 amide bonds. The number of hydrogen-bond donors (Lipinski definition) is 2. The number of aliphatic hydroxyl groups excluding tert-OH is 1. The van der Waals surface area contributed by atoms with Crippen LogP contribution in [0.25, 0.3) is 0 Å². The molecule has 1 atom stereocenters. The Morgan fingerprint density at radius 3 is 2.30 bits per heavy atom. The van der Waals surface area contributed by atoms with Crippen molar-refractivity contribution in [2.24, 2.45) is 0 Å². The summed E-state index contributed by atoms with van der Waals surface area (Å²) in [5, 5.41) is 10.6. The fourth-order valence-corrected chi connectivity index (χ4v) is 4.44. The monoisotopic (exact) mass is 428 g/mol. The number of rotatable bonds is 7. The van der Waals surface area contributed by atoms with E-state index in [1.165, 1.54) is 20.3 Å². The Kier molecular flexibility index (Phi) is 6.28. The van der Waals surface area contributed by atoms with Gasteiger partial charge in [-0.25, -0.2) is 8.42 Å². The van der Waals surface area contributed by atoms with Crippen LogP contribution in [0.2, 0.25) is 0 Å². The minimum atomic E-state index is -3.91. The molecule has 2 aromatic carbocycles. The molecule has 1 unspecified atom stereocenters. The molecule has 3 rings (SSSR count). The Labute approximate surface area is 176 Å². The summed E-state index contributed by atoms with van der Waals surface area (Å²) in [5.74, 6) is 0.769. The van der Waals surface area contributed by atoms with E-state index in [0.717, 1.165) is 0 Å². The fourth-order valence-electron chi connectivity index (χ4n) is 3.08. The number of benzene rings is 2. The Hall–Kier alpha value is -3.10. The molecule has 1 aromatic heterocycles. The lowest BCUT2D eigenvalue weighted by molar-refractivity contribution is 0.215. The number of ether oxygens (including phenoxy) is 2. The summed E-state index contributed by atoms with van der Waals surface area (Å²) in [6, 6.07) is 13.4. The van der Waals surface area contributed by atoms with Crippen molar-refractivity contribution in [2.45, 2.75) is 24.8 Å². The van der Waals surface area contributed by atoms with Crippen molar-refractivity contribution in [3.05, 3.63) is 77.1 Å². The maximum absolute atomic E-state index is 13.1. The van der Waals surface area contributed by atoms with Gasteiger partial charge in [0.1, 0.15) is 6.10 Å². The maximum atomic E-state index is 13.1. The molecule has 0 saturated heterocycles. The number of hydrogen-bond acceptors (Lipinski definition) is 6. The third-order valence-electron chi connectivity index (χ3n) is 4.76. The molecule has 7 nitrogen and oxygen atoms in total. The molecule has 0 spiro atoms. The van der Waals surface area contributed by atoms with E-state index >= 15 is 0 Å². The highest BCUT2D eigenvalue weighted by molar-refractivity contribution is 7.92. The molecule has 8 heteroatoms. The van der Waals surface area contributed by atoms with Crippen molar-refractivity contribution in [1.82, 2.24) is 4.98 Å². The molecule has 3 aromatic rings. The second-order valence-electron chi connectivity index (χ2n) is 6.81. The highest BCUT2D eigenvalue weighted by atomic mass is 32.2. The van der Waals surface area contributed by atoms with Crippen molar-refractivity contribution in [3.63, 3.8) is 0 Å². The van der Waals surface area contributed by atoms with Crippen molar-refractivity contribution < 1.29 is 23.0 Å². The number of pyridine rings is 1. The van der Waals surface area contributed by atoms with Crippen LogP contribution in [0.4, 0.5) is 5.69 Å². The molecule has 0 saturated carbocycles. The van der Waals surface area contributed by atoms with Gasteiger partial charge in [0.05, 0.1) is 30.5 Å². The zero-order valence-corrected chi connectivity index (χ0v) is 18.0. The number of nitrogens with one attached hydrogen (secondary N) is 1. The van der Waals surface area contributed by atoms with Crippen LogP contribution in [0.15, 0.2) is 59.6 Å². The normalized spacial score (nSPS) is 12.3. The van der Waals surface area contributed by atoms with E-state index in [-0.39, 0.29) is 4.90 Å². The van der Waals surface area contributed by atoms with Crippen LogP contribution >= 0.6 is 0 Å². The summed E-state index contributed by atoms with van der Waals surface area (Å²) in [6.45, 7) is 3.47. The average molecular weight is 429 g/mol. The molecule has 0 aliphatic carbocycles. The summed E-state index contributed by atoms with van der Waals surface area (Å²) in [4.78, 5) is 4.24. The van der Waals surface area contributed by atoms with Gasteiger partial charge >= 0.3 is 0 Å². The molecule has 0 aliphatic rings. The predicted molar refractivity (Wildman–Crippen MR) is 115 cm³/mol. The molecular formula is C22H24N2O5S. The number of methoxy groups -OCH3 is 2. The molecule has 30 heavy (non-hydrogen) atoms. The van der Waals surface area contributed by atoms with Gasteiger partial charge in [-0.2, -0.15) is 0 Å². The number of nitrogens with zero attached hydrogens (tertiary/aromatic N) is 1. The van der Waals surface area contributed by atoms with Crippen molar-refractivity contribution in [1.29, 1.82) is 0 Å². The number of anilines is 1. The van der Waals surface area contributed by atoms with E-state index in [0.29, 0.717) is 39.6 Å². The van der Waals surface area contributed by atoms with Gasteiger partial charge in [0.25, 0.3) is 10.0 Å². The third-order valence-corrected chi connectivity index (χ3v) is 6.27. The predicted octanol–water partition coefficient (Wildman–Crippen LogP) is 3.60. The Morgan fingerprint density at radius 1 is 0.967 bits per heavy atom. The van der Waals surface area contributed by atoms with Gasteiger partial charge in [-0.3, -0.25) is 9.71 Å². The van der Waals surface area contributed by atoms with E-state index in [4.69, 9.17) is 9.47 Å². The minimum Gasteiger partial charge on any atom is -0.493 e. The second-order valence-corrected chi connectivity index (χ2v) is 8.46. The van der Waals surface area contributed by atoms with Crippen molar-refractivity contribution in [3.8, 4) is 11.5 Å². The number of aliphatic hydroxyl groups is 1. The first-order valence-corrected chi connectivity index (χ1v) is 10.7. The highest BCUT2D eigenvalue weighted by Crippen LogP contribution is 2.34. The lowest BCUT2D eigenvalue weighted by Crippen LogP contribution is -2.16. The minimum absolute atomic E-state index is 0.0789. The largest absolute Gasteiger partial charge is 0.493 e. The van der Waals surface area contributed by atoms with Gasteiger partial charge in [0.15, 0.2) is 11.5 Å². The van der Waals surface area contributed by atoms with Crippen molar-refractivity contribution >= 4 is 15.7 Å². The average Bonchev–Trinajstić information content (AvgIpc) is 2.74. The van der Waals surface area contributed by atoms with Crippen LogP contribution in [0.3, 0.4) is 0 Å². The zero-order valence-electron chi connectivity index (χ0n) is 17.2. The van der Waals surface area contributed by atoms with E-state index in [9.17, 15) is 13.5 Å². The highest BCUT2D eigenvalue weighted by Gasteiger charge is 2.22. The van der Waals surface area contributed by atoms with Crippen LogP contribution < -0.4 is 14.2 Å². The molecular weight excluding hydrogens is 404 g/mol. The molecule has 1 heterocycles. The van der Waals surface area contributed by atoms with Gasteiger partial charge in [-0.1, -0.05) is 18.2 Å². The Bertz CT molecular complexity index is 1150. The Morgan fingerprint density at radius 2 is 1.67 bits per heavy atom. The second kappa shape index (κ2) is 8.73. The molecule has 2 N–H and O–H groups in total. The first-order valence-electron chi connectivity index (χ1n) is 9.22. The molecule has 0 radical (unpaired) electrons. The van der Waals surface area contributed by atoms with E-state index < -0.39 is 16.1 Å². The van der Waals surface area contributed by atoms with Gasteiger partial charge in [0.2, 0.25) is 0 Å². The van der Waals surface area contributed by atoms with Crippen LogP contribution in [0.5, 0.6) is 11.5 Å². The van der Waals surface area contributed by atoms with Crippen LogP contribution in [0.1, 0.15) is 28.5 Å². The molecule has 0 fully saturated rings. The van der Waals surface area contributed by atoms with E-state index in [1.54, 1.807) is 62.5 Å². The lowest BCUT2D eigenvalue weighted by atomic mass is 10.0. The van der Waals surface area contributed by atoms with Gasteiger partial charge in [-0.15, -0.1) is 0 Å². The summed E-state index contributed by atoms with van der Waals surface area (Å²) in [6.07, 6.45) is 0.619. The molecule has 0 bridgehead atoms. The zero-order chi connectivity index (χ0) is 21.9. The molecule has 0 aliphatic heterocycles. The van der Waals surface area contributed by atoms with E-state index in [2.05, 4.69) is 9.71 Å². The van der Waals surface area contributed by atoms with Crippen molar-refractivity contribution in [2.75, 3.05) is 18.9 Å².